The van der Waals surface area contributed by atoms with Crippen LogP contribution in [0.15, 0.2) is 54.6 Å². The smallest absolute Gasteiger partial charge is 0.416 e. The largest absolute Gasteiger partial charge is 0.486 e. The van der Waals surface area contributed by atoms with Crippen molar-refractivity contribution in [3.05, 3.63) is 65.7 Å². The molecule has 0 heterocycles. The van der Waals surface area contributed by atoms with Gasteiger partial charge >= 0.3 is 12.3 Å². The number of hydrogen-bond acceptors (Lipinski definition) is 3. The van der Waals surface area contributed by atoms with Crippen molar-refractivity contribution in [2.24, 2.45) is 0 Å². The normalized spacial score (nSPS) is 12.9. The number of amides is 1. The van der Waals surface area contributed by atoms with Crippen LogP contribution in [0.3, 0.4) is 0 Å². The second-order valence-electron chi connectivity index (χ2n) is 7.73. The summed E-state index contributed by atoms with van der Waals surface area (Å²) in [6.07, 6.45) is -4.83. The first kappa shape index (κ1) is 22.6. The van der Waals surface area contributed by atoms with Crippen LogP contribution in [0.2, 0.25) is 0 Å². The minimum absolute atomic E-state index is 0.326. The molecule has 0 spiro atoms. The van der Waals surface area contributed by atoms with Crippen molar-refractivity contribution in [1.82, 2.24) is 4.90 Å². The number of nitrogens with zero attached hydrogens (tertiary/aromatic N) is 1. The zero-order valence-corrected chi connectivity index (χ0v) is 17.0. The Kier molecular flexibility index (Phi) is 7.16. The van der Waals surface area contributed by atoms with E-state index >= 15 is 0 Å². The average Bonchev–Trinajstić information content (AvgIpc) is 2.63. The second kappa shape index (κ2) is 9.20. The molecule has 0 aliphatic heterocycles. The van der Waals surface area contributed by atoms with E-state index in [-0.39, 0.29) is 0 Å². The number of carbonyl (C=O) groups excluding carboxylic acids is 1. The fourth-order valence-electron chi connectivity index (χ4n) is 2.59. The van der Waals surface area contributed by atoms with Crippen molar-refractivity contribution in [2.75, 3.05) is 13.6 Å². The van der Waals surface area contributed by atoms with E-state index in [1.807, 2.05) is 30.3 Å². The fourth-order valence-corrected chi connectivity index (χ4v) is 2.59. The maximum Gasteiger partial charge on any atom is 0.416 e. The van der Waals surface area contributed by atoms with Crippen molar-refractivity contribution in [2.45, 2.75) is 45.1 Å². The van der Waals surface area contributed by atoms with Gasteiger partial charge in [-0.3, -0.25) is 0 Å². The van der Waals surface area contributed by atoms with Gasteiger partial charge in [-0.25, -0.2) is 4.79 Å². The number of benzene rings is 2. The summed E-state index contributed by atoms with van der Waals surface area (Å²) in [5.41, 5.74) is -0.461. The Morgan fingerprint density at radius 3 is 2.10 bits per heavy atom. The Balaban J connectivity index is 2.09. The molecule has 7 heteroatoms. The third-order valence-electron chi connectivity index (χ3n) is 4.06. The number of carbonyl (C=O) groups is 1. The van der Waals surface area contributed by atoms with Crippen LogP contribution in [0.25, 0.3) is 0 Å². The van der Waals surface area contributed by atoms with E-state index in [0.717, 1.165) is 17.7 Å². The first-order chi connectivity index (χ1) is 13.5. The van der Waals surface area contributed by atoms with Crippen LogP contribution in [-0.2, 0) is 10.9 Å². The van der Waals surface area contributed by atoms with E-state index in [1.165, 1.54) is 17.0 Å². The molecule has 1 atom stereocenters. The van der Waals surface area contributed by atoms with Crippen LogP contribution in [-0.4, -0.2) is 30.2 Å². The molecule has 0 N–H and O–H groups in total. The summed E-state index contributed by atoms with van der Waals surface area (Å²) in [7, 11) is 1.63. The van der Waals surface area contributed by atoms with E-state index in [9.17, 15) is 18.0 Å². The molecule has 0 aliphatic rings. The standard InChI is InChI=1S/C22H26F3NO3/c1-21(2,3)29-20(27)26(4)15-14-19(16-8-6-5-7-9-16)28-18-12-10-17(11-13-18)22(23,24)25/h5-13,19H,14-15H2,1-4H3/i23-1. The third-order valence-corrected chi connectivity index (χ3v) is 4.06. The lowest BCUT2D eigenvalue weighted by Gasteiger charge is -2.26. The highest BCUT2D eigenvalue weighted by molar-refractivity contribution is 5.67. The zero-order valence-electron chi connectivity index (χ0n) is 17.0. The van der Waals surface area contributed by atoms with Gasteiger partial charge < -0.3 is 14.4 Å². The van der Waals surface area contributed by atoms with Crippen LogP contribution < -0.4 is 4.74 Å². The van der Waals surface area contributed by atoms with Gasteiger partial charge in [0.05, 0.1) is 5.56 Å². The van der Waals surface area contributed by atoms with Gasteiger partial charge in [0.15, 0.2) is 0 Å². The quantitative estimate of drug-likeness (QED) is 0.581. The minimum atomic E-state index is -4.40. The number of alkyl halides is 3. The number of rotatable bonds is 6. The summed E-state index contributed by atoms with van der Waals surface area (Å²) >= 11 is 0. The third kappa shape index (κ3) is 7.33. The molecule has 0 bridgehead atoms. The molecule has 0 aliphatic carbocycles. The lowest BCUT2D eigenvalue weighted by molar-refractivity contribution is -0.137. The predicted octanol–water partition coefficient (Wildman–Crippen LogP) is 6.08. The molecule has 2 rings (SSSR count). The lowest BCUT2D eigenvalue weighted by atomic mass is 10.1. The van der Waals surface area contributed by atoms with Crippen LogP contribution in [0.1, 0.15) is 44.4 Å². The molecule has 0 saturated carbocycles. The van der Waals surface area contributed by atoms with Crippen LogP contribution in [0.4, 0.5) is 18.0 Å². The summed E-state index contributed by atoms with van der Waals surface area (Å²) in [6, 6.07) is 13.9. The van der Waals surface area contributed by atoms with Crippen LogP contribution >= 0.6 is 0 Å². The van der Waals surface area contributed by atoms with E-state index in [2.05, 4.69) is 0 Å². The van der Waals surface area contributed by atoms with Gasteiger partial charge in [0.1, 0.15) is 17.5 Å². The van der Waals surface area contributed by atoms with Gasteiger partial charge in [-0.2, -0.15) is 13.2 Å². The van der Waals surface area contributed by atoms with Crippen molar-refractivity contribution in [3.63, 3.8) is 0 Å². The Labute approximate surface area is 169 Å². The molecule has 0 fully saturated rings. The van der Waals surface area contributed by atoms with E-state index in [1.54, 1.807) is 27.8 Å². The molecule has 29 heavy (non-hydrogen) atoms. The van der Waals surface area contributed by atoms with Gasteiger partial charge in [-0.1, -0.05) is 30.3 Å². The van der Waals surface area contributed by atoms with Crippen molar-refractivity contribution in [1.29, 1.82) is 0 Å². The Morgan fingerprint density at radius 1 is 1.00 bits per heavy atom. The number of ether oxygens (including phenoxy) is 2. The Hall–Kier alpha value is -2.70. The molecule has 0 radical (unpaired) electrons. The van der Waals surface area contributed by atoms with Crippen LogP contribution in [0.5, 0.6) is 5.75 Å². The summed E-state index contributed by atoms with van der Waals surface area (Å²) in [5, 5.41) is 0. The minimum Gasteiger partial charge on any atom is -0.486 e. The van der Waals surface area contributed by atoms with Crippen molar-refractivity contribution in [3.8, 4) is 5.75 Å². The summed E-state index contributed by atoms with van der Waals surface area (Å²) in [6.45, 7) is 5.73. The molecule has 2 aromatic rings. The molecule has 2 aromatic carbocycles. The monoisotopic (exact) mass is 408 g/mol. The maximum atomic E-state index is 12.8. The maximum absolute atomic E-state index is 12.8. The Morgan fingerprint density at radius 2 is 1.59 bits per heavy atom. The average molecular weight is 408 g/mol. The summed E-state index contributed by atoms with van der Waals surface area (Å²) in [5.74, 6) is 0.326. The fraction of sp³-hybridized carbons (Fsp3) is 0.409. The molecule has 1 unspecified atom stereocenters. The molecular formula is C22H26F3NO3. The van der Waals surface area contributed by atoms with Gasteiger partial charge in [-0.05, 0) is 50.6 Å². The van der Waals surface area contributed by atoms with E-state index in [0.29, 0.717) is 18.7 Å². The zero-order chi connectivity index (χ0) is 21.7. The highest BCUT2D eigenvalue weighted by Gasteiger charge is 2.30. The number of hydrogen-bond donors (Lipinski definition) is 0. The highest BCUT2D eigenvalue weighted by atomic mass is 19.3. The van der Waals surface area contributed by atoms with Gasteiger partial charge in [0.2, 0.25) is 0 Å². The molecule has 158 valence electrons. The van der Waals surface area contributed by atoms with Gasteiger partial charge in [0.25, 0.3) is 0 Å². The van der Waals surface area contributed by atoms with E-state index < -0.39 is 29.5 Å². The Bertz CT molecular complexity index is 784. The topological polar surface area (TPSA) is 38.8 Å². The molecule has 4 nitrogen and oxygen atoms in total. The molecular weight excluding hydrogens is 382 g/mol. The second-order valence-corrected chi connectivity index (χ2v) is 7.73. The highest BCUT2D eigenvalue weighted by Crippen LogP contribution is 2.32. The van der Waals surface area contributed by atoms with Crippen molar-refractivity contribution < 1.29 is 27.4 Å². The van der Waals surface area contributed by atoms with Gasteiger partial charge in [0, 0.05) is 20.0 Å². The molecule has 0 saturated heterocycles. The summed E-state index contributed by atoms with van der Waals surface area (Å²) in [4.78, 5) is 13.6. The van der Waals surface area contributed by atoms with Gasteiger partial charge in [-0.15, -0.1) is 0 Å². The van der Waals surface area contributed by atoms with E-state index in [4.69, 9.17) is 9.47 Å². The molecule has 0 aromatic heterocycles. The van der Waals surface area contributed by atoms with Crippen molar-refractivity contribution >= 4 is 6.09 Å². The summed E-state index contributed by atoms with van der Waals surface area (Å²) < 4.78 is 49.6. The molecule has 1 amide bonds. The lowest BCUT2D eigenvalue weighted by Crippen LogP contribution is -2.35. The first-order valence-electron chi connectivity index (χ1n) is 9.29. The number of halogens is 3. The first-order valence-corrected chi connectivity index (χ1v) is 9.29. The SMILES string of the molecule is CN(CCC(Oc1ccc(C(F)(F)[18F])cc1)c1ccccc1)C(=O)OC(C)(C)C. The predicted molar refractivity (Wildman–Crippen MR) is 105 cm³/mol. The van der Waals surface area contributed by atoms with Crippen LogP contribution in [0, 0.1) is 0 Å².